The molecule has 130 valence electrons. The Morgan fingerprint density at radius 2 is 2.04 bits per heavy atom. The van der Waals surface area contributed by atoms with Crippen molar-refractivity contribution in [3.05, 3.63) is 52.3 Å². The van der Waals surface area contributed by atoms with Gasteiger partial charge in [-0.15, -0.1) is 11.3 Å². The highest BCUT2D eigenvalue weighted by Crippen LogP contribution is 2.23. The van der Waals surface area contributed by atoms with Crippen molar-refractivity contribution in [2.45, 2.75) is 13.0 Å². The molecular formula is C15H10ClF2N3O3S. The second-order valence-corrected chi connectivity index (χ2v) is 6.17. The predicted molar refractivity (Wildman–Crippen MR) is 87.9 cm³/mol. The van der Waals surface area contributed by atoms with Crippen LogP contribution in [0.25, 0.3) is 4.96 Å². The molecule has 6 nitrogen and oxygen atoms in total. The van der Waals surface area contributed by atoms with Gasteiger partial charge in [-0.05, 0) is 19.1 Å². The Kier molecular flexibility index (Phi) is 4.69. The van der Waals surface area contributed by atoms with Crippen molar-refractivity contribution in [2.24, 2.45) is 0 Å². The molecule has 0 fully saturated rings. The molecule has 10 heteroatoms. The molecule has 1 N–H and O–H groups in total. The molecule has 1 atom stereocenters. The maximum Gasteiger partial charge on any atom is 0.359 e. The smallest absolute Gasteiger partial charge is 0.359 e. The highest BCUT2D eigenvalue weighted by molar-refractivity contribution is 7.15. The Morgan fingerprint density at radius 1 is 1.36 bits per heavy atom. The summed E-state index contributed by atoms with van der Waals surface area (Å²) >= 11 is 7.18. The first-order valence-electron chi connectivity index (χ1n) is 6.95. The zero-order valence-corrected chi connectivity index (χ0v) is 14.2. The van der Waals surface area contributed by atoms with Gasteiger partial charge < -0.3 is 10.1 Å². The number of thiazole rings is 1. The van der Waals surface area contributed by atoms with Gasteiger partial charge in [0.15, 0.2) is 21.9 Å². The molecule has 3 aromatic rings. The molecule has 3 rings (SSSR count). The topological polar surface area (TPSA) is 72.7 Å². The first-order chi connectivity index (χ1) is 11.9. The summed E-state index contributed by atoms with van der Waals surface area (Å²) < 4.78 is 33.6. The van der Waals surface area contributed by atoms with Crippen molar-refractivity contribution >= 4 is 45.5 Å². The second kappa shape index (κ2) is 6.77. The number of hydrogen-bond donors (Lipinski definition) is 1. The fraction of sp³-hybridized carbons (Fsp3) is 0.133. The fourth-order valence-corrected chi connectivity index (χ4v) is 3.07. The number of fused-ring (bicyclic) bond motifs is 1. The largest absolute Gasteiger partial charge is 0.448 e. The fourth-order valence-electron chi connectivity index (χ4n) is 2.05. The van der Waals surface area contributed by atoms with Gasteiger partial charge in [0.2, 0.25) is 0 Å². The SMILES string of the molecule is C[C@H](OC(=O)c1c(Cl)nc2sccn12)C(=O)Nc1c(F)cccc1F. The van der Waals surface area contributed by atoms with Crippen molar-refractivity contribution in [2.75, 3.05) is 5.32 Å². The van der Waals surface area contributed by atoms with E-state index in [1.807, 2.05) is 0 Å². The summed E-state index contributed by atoms with van der Waals surface area (Å²) in [5.41, 5.74) is -0.646. The van der Waals surface area contributed by atoms with Crippen LogP contribution in [0.2, 0.25) is 5.15 Å². The minimum Gasteiger partial charge on any atom is -0.448 e. The number of imidazole rings is 1. The van der Waals surface area contributed by atoms with Crippen LogP contribution in [-0.4, -0.2) is 27.4 Å². The Bertz CT molecular complexity index is 952. The van der Waals surface area contributed by atoms with E-state index in [0.717, 1.165) is 18.2 Å². The monoisotopic (exact) mass is 385 g/mol. The van der Waals surface area contributed by atoms with E-state index in [4.69, 9.17) is 16.3 Å². The summed E-state index contributed by atoms with van der Waals surface area (Å²) in [6.45, 7) is 1.27. The van der Waals surface area contributed by atoms with E-state index < -0.39 is 35.3 Å². The third-order valence-electron chi connectivity index (χ3n) is 3.28. The average molecular weight is 386 g/mol. The lowest BCUT2D eigenvalue weighted by Gasteiger charge is -2.14. The molecule has 0 radical (unpaired) electrons. The van der Waals surface area contributed by atoms with Gasteiger partial charge >= 0.3 is 5.97 Å². The molecular weight excluding hydrogens is 376 g/mol. The van der Waals surface area contributed by atoms with Gasteiger partial charge in [-0.1, -0.05) is 17.7 Å². The summed E-state index contributed by atoms with van der Waals surface area (Å²) in [6, 6.07) is 3.15. The van der Waals surface area contributed by atoms with Crippen molar-refractivity contribution in [1.29, 1.82) is 0 Å². The number of benzene rings is 1. The van der Waals surface area contributed by atoms with Crippen LogP contribution in [0.15, 0.2) is 29.8 Å². The summed E-state index contributed by atoms with van der Waals surface area (Å²) in [6.07, 6.45) is 0.265. The minimum atomic E-state index is -1.31. The molecule has 0 spiro atoms. The highest BCUT2D eigenvalue weighted by Gasteiger charge is 2.26. The third kappa shape index (κ3) is 3.33. The van der Waals surface area contributed by atoms with Gasteiger partial charge in [0.25, 0.3) is 5.91 Å². The normalized spacial score (nSPS) is 12.2. The van der Waals surface area contributed by atoms with Crippen LogP contribution < -0.4 is 5.32 Å². The molecule has 2 heterocycles. The number of amides is 1. The van der Waals surface area contributed by atoms with Crippen molar-refractivity contribution in [1.82, 2.24) is 9.38 Å². The second-order valence-electron chi connectivity index (χ2n) is 4.94. The molecule has 2 aromatic heterocycles. The lowest BCUT2D eigenvalue weighted by Crippen LogP contribution is -2.31. The number of rotatable bonds is 4. The quantitative estimate of drug-likeness (QED) is 0.697. The van der Waals surface area contributed by atoms with Gasteiger partial charge in [-0.2, -0.15) is 0 Å². The maximum atomic E-state index is 13.6. The summed E-state index contributed by atoms with van der Waals surface area (Å²) in [4.78, 5) is 28.8. The van der Waals surface area contributed by atoms with Crippen LogP contribution >= 0.6 is 22.9 Å². The number of anilines is 1. The lowest BCUT2D eigenvalue weighted by molar-refractivity contribution is -0.123. The summed E-state index contributed by atoms with van der Waals surface area (Å²) in [7, 11) is 0. The zero-order chi connectivity index (χ0) is 18.1. The lowest BCUT2D eigenvalue weighted by atomic mass is 10.2. The first kappa shape index (κ1) is 17.3. The number of nitrogens with one attached hydrogen (secondary N) is 1. The number of halogens is 3. The van der Waals surface area contributed by atoms with Gasteiger partial charge in [0, 0.05) is 11.6 Å². The Balaban J connectivity index is 1.74. The molecule has 0 saturated carbocycles. The van der Waals surface area contributed by atoms with E-state index in [9.17, 15) is 18.4 Å². The van der Waals surface area contributed by atoms with E-state index in [1.165, 1.54) is 22.7 Å². The molecule has 25 heavy (non-hydrogen) atoms. The van der Waals surface area contributed by atoms with E-state index >= 15 is 0 Å². The van der Waals surface area contributed by atoms with Crippen LogP contribution in [0.4, 0.5) is 14.5 Å². The number of para-hydroxylation sites is 1. The Hall–Kier alpha value is -2.52. The molecule has 0 unspecified atom stereocenters. The number of carbonyl (C=O) groups is 2. The zero-order valence-electron chi connectivity index (χ0n) is 12.6. The van der Waals surface area contributed by atoms with E-state index in [1.54, 1.807) is 11.6 Å². The van der Waals surface area contributed by atoms with Crippen molar-refractivity contribution < 1.29 is 23.1 Å². The van der Waals surface area contributed by atoms with Crippen LogP contribution in [0, 0.1) is 11.6 Å². The maximum absolute atomic E-state index is 13.6. The van der Waals surface area contributed by atoms with Gasteiger partial charge in [0.1, 0.15) is 17.3 Å². The molecule has 1 amide bonds. The van der Waals surface area contributed by atoms with E-state index in [0.29, 0.717) is 4.96 Å². The van der Waals surface area contributed by atoms with Crippen molar-refractivity contribution in [3.63, 3.8) is 0 Å². The third-order valence-corrected chi connectivity index (χ3v) is 4.30. The minimum absolute atomic E-state index is 0.0327. The molecule has 0 aliphatic carbocycles. The van der Waals surface area contributed by atoms with Crippen LogP contribution in [0.3, 0.4) is 0 Å². The van der Waals surface area contributed by atoms with E-state index in [-0.39, 0.29) is 10.8 Å². The van der Waals surface area contributed by atoms with Crippen LogP contribution in [0.5, 0.6) is 0 Å². The molecule has 0 aliphatic heterocycles. The molecule has 0 bridgehead atoms. The number of nitrogens with zero attached hydrogens (tertiary/aromatic N) is 2. The molecule has 0 aliphatic rings. The standard InChI is InChI=1S/C15H10ClF2N3O3S/c1-7(13(22)19-10-8(17)3-2-4-9(10)18)24-14(23)11-12(16)20-15-21(11)5-6-25-15/h2-7H,1H3,(H,19,22)/t7-/m0/s1. The Labute approximate surface area is 149 Å². The van der Waals surface area contributed by atoms with Gasteiger partial charge in [-0.3, -0.25) is 9.20 Å². The number of esters is 1. The predicted octanol–water partition coefficient (Wildman–Crippen LogP) is 3.51. The molecule has 1 aromatic carbocycles. The Morgan fingerprint density at radius 3 is 2.72 bits per heavy atom. The highest BCUT2D eigenvalue weighted by atomic mass is 35.5. The number of carbonyl (C=O) groups excluding carboxylic acids is 2. The first-order valence-corrected chi connectivity index (χ1v) is 8.21. The summed E-state index contributed by atoms with van der Waals surface area (Å²) in [5, 5.41) is 3.69. The van der Waals surface area contributed by atoms with Gasteiger partial charge in [0.05, 0.1) is 0 Å². The van der Waals surface area contributed by atoms with Gasteiger partial charge in [-0.25, -0.2) is 18.6 Å². The number of hydrogen-bond acceptors (Lipinski definition) is 5. The van der Waals surface area contributed by atoms with Crippen molar-refractivity contribution in [3.8, 4) is 0 Å². The van der Waals surface area contributed by atoms with E-state index in [2.05, 4.69) is 10.3 Å². The average Bonchev–Trinajstić information content (AvgIpc) is 3.10. The molecule has 0 saturated heterocycles. The number of ether oxygens (including phenoxy) is 1. The summed E-state index contributed by atoms with van der Waals surface area (Å²) in [5.74, 6) is -3.65. The van der Waals surface area contributed by atoms with Crippen LogP contribution in [0.1, 0.15) is 17.4 Å². The van der Waals surface area contributed by atoms with Crippen LogP contribution in [-0.2, 0) is 9.53 Å². The number of aromatic nitrogens is 2.